The fraction of sp³-hybridized carbons (Fsp3) is 0.333. The number of carbonyl (C=O) groups excluding carboxylic acids is 4. The normalized spacial score (nSPS) is 16.3. The predicted molar refractivity (Wildman–Crippen MR) is 112 cm³/mol. The Kier molecular flexibility index (Phi) is 6.30. The lowest BCUT2D eigenvalue weighted by molar-refractivity contribution is -0.150. The number of fused-ring (bicyclic) bond motifs is 1. The summed E-state index contributed by atoms with van der Waals surface area (Å²) in [5.74, 6) is -1.86. The van der Waals surface area contributed by atoms with Gasteiger partial charge in [0.2, 0.25) is 0 Å². The van der Waals surface area contributed by atoms with E-state index in [2.05, 4.69) is 0 Å². The van der Waals surface area contributed by atoms with Gasteiger partial charge in [-0.1, -0.05) is 12.1 Å². The highest BCUT2D eigenvalue weighted by molar-refractivity contribution is 6.21. The highest BCUT2D eigenvalue weighted by atomic mass is 19.1. The smallest absolute Gasteiger partial charge is 0.309 e. The van der Waals surface area contributed by atoms with Crippen molar-refractivity contribution >= 4 is 23.7 Å². The summed E-state index contributed by atoms with van der Waals surface area (Å²) in [5, 5.41) is 0. The van der Waals surface area contributed by atoms with Crippen molar-refractivity contribution in [1.29, 1.82) is 0 Å². The third-order valence-corrected chi connectivity index (χ3v) is 5.86. The monoisotopic (exact) mass is 438 g/mol. The molecule has 0 atom stereocenters. The summed E-state index contributed by atoms with van der Waals surface area (Å²) in [6.07, 6.45) is 1.34. The van der Waals surface area contributed by atoms with Crippen molar-refractivity contribution in [1.82, 2.24) is 9.80 Å². The van der Waals surface area contributed by atoms with Crippen LogP contribution in [0.3, 0.4) is 0 Å². The van der Waals surface area contributed by atoms with Crippen LogP contribution in [0.25, 0.3) is 0 Å². The van der Waals surface area contributed by atoms with Crippen molar-refractivity contribution in [3.8, 4) is 0 Å². The first-order chi connectivity index (χ1) is 15.5. The van der Waals surface area contributed by atoms with Crippen LogP contribution in [0.15, 0.2) is 48.5 Å². The molecule has 2 heterocycles. The van der Waals surface area contributed by atoms with Gasteiger partial charge in [0.1, 0.15) is 5.82 Å². The lowest BCUT2D eigenvalue weighted by Crippen LogP contribution is -2.40. The molecule has 7 nitrogen and oxygen atoms in total. The van der Waals surface area contributed by atoms with Gasteiger partial charge in [-0.15, -0.1) is 0 Å². The Hall–Kier alpha value is -3.55. The largest absolute Gasteiger partial charge is 0.465 e. The molecule has 0 bridgehead atoms. The minimum Gasteiger partial charge on any atom is -0.465 e. The molecule has 0 unspecified atom stereocenters. The zero-order chi connectivity index (χ0) is 22.7. The number of esters is 1. The summed E-state index contributed by atoms with van der Waals surface area (Å²) in [6, 6.07) is 12.1. The zero-order valence-electron chi connectivity index (χ0n) is 17.5. The maximum absolute atomic E-state index is 13.0. The number of amides is 3. The number of piperidine rings is 1. The van der Waals surface area contributed by atoms with E-state index in [1.807, 2.05) is 0 Å². The van der Waals surface area contributed by atoms with Gasteiger partial charge in [0.25, 0.3) is 17.7 Å². The fourth-order valence-corrected chi connectivity index (χ4v) is 4.05. The van der Waals surface area contributed by atoms with Crippen LogP contribution < -0.4 is 0 Å². The molecule has 0 aromatic heterocycles. The Balaban J connectivity index is 1.19. The van der Waals surface area contributed by atoms with Crippen LogP contribution in [0.1, 0.15) is 50.3 Å². The van der Waals surface area contributed by atoms with Crippen LogP contribution in [-0.2, 0) is 9.53 Å². The summed E-state index contributed by atoms with van der Waals surface area (Å²) in [4.78, 5) is 52.4. The van der Waals surface area contributed by atoms with Gasteiger partial charge >= 0.3 is 5.97 Å². The number of ether oxygens (including phenoxy) is 1. The average Bonchev–Trinajstić information content (AvgIpc) is 3.06. The van der Waals surface area contributed by atoms with Crippen LogP contribution in [0.2, 0.25) is 0 Å². The summed E-state index contributed by atoms with van der Waals surface area (Å²) in [7, 11) is 0. The molecule has 0 saturated carbocycles. The third kappa shape index (κ3) is 4.39. The molecule has 1 fully saturated rings. The SMILES string of the molecule is O=C(OCCCN1C(=O)c2ccccc2C1=O)C1CCN(C(=O)c2ccc(F)cc2)CC1. The molecule has 3 amide bonds. The molecule has 8 heteroatoms. The highest BCUT2D eigenvalue weighted by Gasteiger charge is 2.34. The van der Waals surface area contributed by atoms with Crippen LogP contribution in [0.4, 0.5) is 4.39 Å². The summed E-state index contributed by atoms with van der Waals surface area (Å²) < 4.78 is 18.4. The van der Waals surface area contributed by atoms with Gasteiger partial charge in [-0.05, 0) is 55.7 Å². The second-order valence-electron chi connectivity index (χ2n) is 7.90. The first-order valence-corrected chi connectivity index (χ1v) is 10.6. The van der Waals surface area contributed by atoms with Gasteiger partial charge in [0.15, 0.2) is 0 Å². The number of benzene rings is 2. The van der Waals surface area contributed by atoms with E-state index < -0.39 is 5.82 Å². The molecule has 166 valence electrons. The highest BCUT2D eigenvalue weighted by Crippen LogP contribution is 2.23. The van der Waals surface area contributed by atoms with Crippen molar-refractivity contribution in [3.05, 3.63) is 71.0 Å². The minimum absolute atomic E-state index is 0.112. The number of hydrogen-bond acceptors (Lipinski definition) is 5. The van der Waals surface area contributed by atoms with Gasteiger partial charge < -0.3 is 9.64 Å². The molecular weight excluding hydrogens is 415 g/mol. The first kappa shape index (κ1) is 21.7. The van der Waals surface area contributed by atoms with Crippen LogP contribution in [0.5, 0.6) is 0 Å². The predicted octanol–water partition coefficient (Wildman–Crippen LogP) is 2.91. The molecule has 4 rings (SSSR count). The molecule has 0 radical (unpaired) electrons. The van der Waals surface area contributed by atoms with E-state index in [0.717, 1.165) is 0 Å². The number of nitrogens with zero attached hydrogens (tertiary/aromatic N) is 2. The number of halogens is 1. The molecule has 1 saturated heterocycles. The van der Waals surface area contributed by atoms with Crippen molar-refractivity contribution in [3.63, 3.8) is 0 Å². The number of carbonyl (C=O) groups is 4. The number of hydrogen-bond donors (Lipinski definition) is 0. The van der Waals surface area contributed by atoms with E-state index >= 15 is 0 Å². The van der Waals surface area contributed by atoms with Gasteiger partial charge in [-0.25, -0.2) is 4.39 Å². The molecule has 2 aromatic rings. The van der Waals surface area contributed by atoms with Gasteiger partial charge in [-0.2, -0.15) is 0 Å². The van der Waals surface area contributed by atoms with Crippen molar-refractivity contribution in [2.45, 2.75) is 19.3 Å². The van der Waals surface area contributed by atoms with Crippen molar-refractivity contribution < 1.29 is 28.3 Å². The van der Waals surface area contributed by atoms with Gasteiger partial charge in [0.05, 0.1) is 23.7 Å². The van der Waals surface area contributed by atoms with Crippen LogP contribution in [0, 0.1) is 11.7 Å². The van der Waals surface area contributed by atoms with Crippen LogP contribution in [-0.4, -0.2) is 59.7 Å². The fourth-order valence-electron chi connectivity index (χ4n) is 4.05. The zero-order valence-corrected chi connectivity index (χ0v) is 17.5. The quantitative estimate of drug-likeness (QED) is 0.393. The van der Waals surface area contributed by atoms with Crippen molar-refractivity contribution in [2.75, 3.05) is 26.2 Å². The van der Waals surface area contributed by atoms with E-state index in [1.165, 1.54) is 29.2 Å². The standard InChI is InChI=1S/C24H23FN2O5/c25-18-8-6-16(7-9-18)21(28)26-13-10-17(11-14-26)24(31)32-15-3-12-27-22(29)19-4-1-2-5-20(19)23(27)30/h1-2,4-9,17H,3,10-15H2. The molecule has 2 aliphatic rings. The molecule has 32 heavy (non-hydrogen) atoms. The maximum atomic E-state index is 13.0. The van der Waals surface area contributed by atoms with E-state index in [4.69, 9.17) is 4.74 Å². The molecule has 2 aliphatic heterocycles. The topological polar surface area (TPSA) is 84.0 Å². The molecule has 0 spiro atoms. The van der Waals surface area contributed by atoms with Gasteiger partial charge in [-0.3, -0.25) is 24.1 Å². The van der Waals surface area contributed by atoms with E-state index in [1.54, 1.807) is 29.2 Å². The second kappa shape index (κ2) is 9.30. The van der Waals surface area contributed by atoms with E-state index in [0.29, 0.717) is 49.0 Å². The number of rotatable bonds is 6. The Bertz CT molecular complexity index is 1010. The van der Waals surface area contributed by atoms with Crippen molar-refractivity contribution in [2.24, 2.45) is 5.92 Å². The van der Waals surface area contributed by atoms with E-state index in [9.17, 15) is 23.6 Å². The Labute approximate surface area is 184 Å². The Morgan fingerprint density at radius 3 is 2.12 bits per heavy atom. The summed E-state index contributed by atoms with van der Waals surface area (Å²) in [6.45, 7) is 1.14. The number of imide groups is 1. The summed E-state index contributed by atoms with van der Waals surface area (Å²) >= 11 is 0. The van der Waals surface area contributed by atoms with Gasteiger partial charge in [0, 0.05) is 25.2 Å². The Morgan fingerprint density at radius 1 is 0.938 bits per heavy atom. The first-order valence-electron chi connectivity index (χ1n) is 10.6. The van der Waals surface area contributed by atoms with E-state index in [-0.39, 0.29) is 42.8 Å². The molecule has 0 N–H and O–H groups in total. The lowest BCUT2D eigenvalue weighted by atomic mass is 9.96. The molecule has 0 aliphatic carbocycles. The Morgan fingerprint density at radius 2 is 1.53 bits per heavy atom. The minimum atomic E-state index is -0.397. The average molecular weight is 438 g/mol. The summed E-state index contributed by atoms with van der Waals surface area (Å²) in [5.41, 5.74) is 1.22. The number of likely N-dealkylation sites (tertiary alicyclic amines) is 1. The lowest BCUT2D eigenvalue weighted by Gasteiger charge is -2.31. The molecular formula is C24H23FN2O5. The second-order valence-corrected chi connectivity index (χ2v) is 7.90. The maximum Gasteiger partial charge on any atom is 0.309 e. The third-order valence-electron chi connectivity index (χ3n) is 5.86. The molecule has 2 aromatic carbocycles. The van der Waals surface area contributed by atoms with Crippen LogP contribution >= 0.6 is 0 Å².